The number of carbonyl (C=O) groups is 1. The Labute approximate surface area is 145 Å². The molecule has 7 heteroatoms. The Morgan fingerprint density at radius 1 is 1.25 bits per heavy atom. The topological polar surface area (TPSA) is 69.7 Å². The number of carbonyl (C=O) groups excluding carboxylic acids is 1. The Balaban J connectivity index is 2.02. The first-order valence-corrected chi connectivity index (χ1v) is 9.70. The quantitative estimate of drug-likeness (QED) is 0.883. The van der Waals surface area contributed by atoms with Gasteiger partial charge in [0.15, 0.2) is 0 Å². The molecule has 0 spiro atoms. The van der Waals surface area contributed by atoms with E-state index >= 15 is 0 Å². The van der Waals surface area contributed by atoms with Crippen molar-refractivity contribution in [3.8, 4) is 0 Å². The number of nitrogens with zero attached hydrogens (tertiary/aromatic N) is 2. The number of piperidine rings is 1. The lowest BCUT2D eigenvalue weighted by molar-refractivity contribution is -0.120. The van der Waals surface area contributed by atoms with E-state index in [-0.39, 0.29) is 18.4 Å². The van der Waals surface area contributed by atoms with Crippen molar-refractivity contribution in [1.82, 2.24) is 8.61 Å². The summed E-state index contributed by atoms with van der Waals surface area (Å²) in [5, 5.41) is 2.90. The van der Waals surface area contributed by atoms with E-state index in [4.69, 9.17) is 0 Å². The first-order chi connectivity index (χ1) is 11.2. The summed E-state index contributed by atoms with van der Waals surface area (Å²) in [6, 6.07) is 7.79. The Kier molecular flexibility index (Phi) is 6.01. The summed E-state index contributed by atoms with van der Waals surface area (Å²) in [5.74, 6) is 0.00194. The third-order valence-corrected chi connectivity index (χ3v) is 6.29. The van der Waals surface area contributed by atoms with Crippen LogP contribution in [0.5, 0.6) is 0 Å². The second-order valence-electron chi connectivity index (χ2n) is 6.75. The van der Waals surface area contributed by atoms with Gasteiger partial charge < -0.3 is 5.32 Å². The van der Waals surface area contributed by atoms with Gasteiger partial charge in [-0.15, -0.1) is 0 Å². The maximum atomic E-state index is 12.5. The van der Waals surface area contributed by atoms with Crippen LogP contribution in [0.2, 0.25) is 0 Å². The average Bonchev–Trinajstić information content (AvgIpc) is 2.55. The Hall–Kier alpha value is -1.44. The van der Waals surface area contributed by atoms with Gasteiger partial charge in [0.05, 0.1) is 5.92 Å². The van der Waals surface area contributed by atoms with Crippen LogP contribution in [0.4, 0.5) is 5.69 Å². The van der Waals surface area contributed by atoms with Crippen LogP contribution in [0.25, 0.3) is 0 Å². The summed E-state index contributed by atoms with van der Waals surface area (Å²) in [5.41, 5.74) is 1.96. The zero-order valence-corrected chi connectivity index (χ0v) is 15.6. The molecule has 1 atom stereocenters. The number of amides is 1. The normalized spacial score (nSPS) is 19.7. The number of nitrogens with one attached hydrogen (secondary N) is 1. The second-order valence-corrected chi connectivity index (χ2v) is 8.90. The van der Waals surface area contributed by atoms with Gasteiger partial charge in [-0.1, -0.05) is 26.0 Å². The van der Waals surface area contributed by atoms with Crippen molar-refractivity contribution >= 4 is 21.8 Å². The van der Waals surface area contributed by atoms with Crippen LogP contribution >= 0.6 is 0 Å². The average molecular weight is 353 g/mol. The fourth-order valence-corrected chi connectivity index (χ4v) is 3.98. The smallest absolute Gasteiger partial charge is 0.281 e. The van der Waals surface area contributed by atoms with Gasteiger partial charge in [0.2, 0.25) is 5.91 Å². The zero-order valence-electron chi connectivity index (χ0n) is 14.8. The van der Waals surface area contributed by atoms with Gasteiger partial charge in [0.1, 0.15) is 0 Å². The van der Waals surface area contributed by atoms with E-state index in [1.54, 1.807) is 0 Å². The lowest BCUT2D eigenvalue weighted by Crippen LogP contribution is -2.47. The maximum Gasteiger partial charge on any atom is 0.281 e. The second kappa shape index (κ2) is 7.63. The molecule has 0 aromatic heterocycles. The van der Waals surface area contributed by atoms with Crippen LogP contribution < -0.4 is 5.32 Å². The molecular weight excluding hydrogens is 326 g/mol. The highest BCUT2D eigenvalue weighted by atomic mass is 32.2. The molecule has 0 saturated carbocycles. The lowest BCUT2D eigenvalue weighted by Gasteiger charge is -2.32. The molecule has 1 N–H and O–H groups in total. The lowest BCUT2D eigenvalue weighted by atomic mass is 9.98. The molecule has 134 valence electrons. The molecule has 6 nitrogen and oxygen atoms in total. The summed E-state index contributed by atoms with van der Waals surface area (Å²) >= 11 is 0. The van der Waals surface area contributed by atoms with E-state index in [1.807, 2.05) is 24.3 Å². The molecule has 1 saturated heterocycles. The van der Waals surface area contributed by atoms with E-state index in [0.717, 1.165) is 5.69 Å². The molecule has 1 aromatic rings. The molecule has 1 fully saturated rings. The first-order valence-electron chi connectivity index (χ1n) is 8.30. The first kappa shape index (κ1) is 18.9. The van der Waals surface area contributed by atoms with Crippen molar-refractivity contribution in [3.05, 3.63) is 29.8 Å². The van der Waals surface area contributed by atoms with Crippen LogP contribution in [-0.4, -0.2) is 50.1 Å². The molecule has 1 amide bonds. The maximum absolute atomic E-state index is 12.5. The van der Waals surface area contributed by atoms with Crippen LogP contribution in [-0.2, 0) is 15.0 Å². The van der Waals surface area contributed by atoms with Crippen LogP contribution in [0.15, 0.2) is 24.3 Å². The molecule has 24 heavy (non-hydrogen) atoms. The molecule has 2 rings (SSSR count). The summed E-state index contributed by atoms with van der Waals surface area (Å²) in [6.07, 6.45) is 1.40. The summed E-state index contributed by atoms with van der Waals surface area (Å²) in [6.45, 7) is 4.94. The predicted molar refractivity (Wildman–Crippen MR) is 96.1 cm³/mol. The third-order valence-electron chi connectivity index (χ3n) is 4.39. The molecule has 1 aliphatic heterocycles. The van der Waals surface area contributed by atoms with E-state index in [1.165, 1.54) is 28.3 Å². The van der Waals surface area contributed by atoms with Crippen LogP contribution in [0.3, 0.4) is 0 Å². The largest absolute Gasteiger partial charge is 0.326 e. The Morgan fingerprint density at radius 3 is 2.42 bits per heavy atom. The highest BCUT2D eigenvalue weighted by Gasteiger charge is 2.33. The summed E-state index contributed by atoms with van der Waals surface area (Å²) in [4.78, 5) is 12.5. The minimum absolute atomic E-state index is 0.119. The minimum Gasteiger partial charge on any atom is -0.326 e. The van der Waals surface area contributed by atoms with Gasteiger partial charge in [-0.25, -0.2) is 0 Å². The molecule has 0 radical (unpaired) electrons. The van der Waals surface area contributed by atoms with E-state index < -0.39 is 10.2 Å². The van der Waals surface area contributed by atoms with E-state index in [9.17, 15) is 13.2 Å². The van der Waals surface area contributed by atoms with Crippen molar-refractivity contribution in [2.45, 2.75) is 32.6 Å². The molecule has 1 aromatic carbocycles. The molecule has 0 aliphatic carbocycles. The number of hydrogen-bond donors (Lipinski definition) is 1. The predicted octanol–water partition coefficient (Wildman–Crippen LogP) is 2.27. The number of hydrogen-bond acceptors (Lipinski definition) is 3. The fraction of sp³-hybridized carbons (Fsp3) is 0.588. The van der Waals surface area contributed by atoms with Gasteiger partial charge in [-0.2, -0.15) is 17.0 Å². The highest BCUT2D eigenvalue weighted by Crippen LogP contribution is 2.23. The fourth-order valence-electron chi connectivity index (χ4n) is 2.79. The van der Waals surface area contributed by atoms with Crippen molar-refractivity contribution in [2.75, 3.05) is 32.5 Å². The monoisotopic (exact) mass is 353 g/mol. The molecule has 0 unspecified atom stereocenters. The zero-order chi connectivity index (χ0) is 17.9. The van der Waals surface area contributed by atoms with Crippen molar-refractivity contribution in [2.24, 2.45) is 5.92 Å². The number of anilines is 1. The van der Waals surface area contributed by atoms with Gasteiger partial charge in [0.25, 0.3) is 10.2 Å². The molecule has 1 heterocycles. The third kappa shape index (κ3) is 4.34. The summed E-state index contributed by atoms with van der Waals surface area (Å²) in [7, 11) is -0.449. The molecular formula is C17H27N3O3S. The SMILES string of the molecule is CC(C)c1ccc(NC(=O)[C@H]2CCCN(S(=O)(=O)N(C)C)C2)cc1. The van der Waals surface area contributed by atoms with Gasteiger partial charge >= 0.3 is 0 Å². The number of benzene rings is 1. The Morgan fingerprint density at radius 2 is 1.88 bits per heavy atom. The van der Waals surface area contributed by atoms with Crippen molar-refractivity contribution in [1.29, 1.82) is 0 Å². The molecule has 1 aliphatic rings. The van der Waals surface area contributed by atoms with Crippen LogP contribution in [0.1, 0.15) is 38.2 Å². The standard InChI is InChI=1S/C17H27N3O3S/c1-13(2)14-7-9-16(10-8-14)18-17(21)15-6-5-11-20(12-15)24(22,23)19(3)4/h7-10,13,15H,5-6,11-12H2,1-4H3,(H,18,21)/t15-/m0/s1. The van der Waals surface area contributed by atoms with Crippen LogP contribution in [0, 0.1) is 5.92 Å². The highest BCUT2D eigenvalue weighted by molar-refractivity contribution is 7.86. The minimum atomic E-state index is -3.47. The number of rotatable bonds is 5. The van der Waals surface area contributed by atoms with E-state index in [2.05, 4.69) is 19.2 Å². The van der Waals surface area contributed by atoms with Gasteiger partial charge in [-0.3, -0.25) is 4.79 Å². The van der Waals surface area contributed by atoms with Crippen molar-refractivity contribution < 1.29 is 13.2 Å². The molecule has 0 bridgehead atoms. The van der Waals surface area contributed by atoms with Crippen molar-refractivity contribution in [3.63, 3.8) is 0 Å². The van der Waals surface area contributed by atoms with Gasteiger partial charge in [0, 0.05) is 32.9 Å². The Bertz CT molecular complexity index is 669. The van der Waals surface area contributed by atoms with Gasteiger partial charge in [-0.05, 0) is 36.5 Å². The van der Waals surface area contributed by atoms with E-state index in [0.29, 0.717) is 25.3 Å². The summed E-state index contributed by atoms with van der Waals surface area (Å²) < 4.78 is 27.1.